The van der Waals surface area contributed by atoms with Gasteiger partial charge in [-0.1, -0.05) is 71.9 Å². The number of anilines is 2. The summed E-state index contributed by atoms with van der Waals surface area (Å²) in [5.74, 6) is 0.575. The lowest BCUT2D eigenvalue weighted by Crippen LogP contribution is -2.19. The molecule has 1 unspecified atom stereocenters. The smallest absolute Gasteiger partial charge is 0.255 e. The van der Waals surface area contributed by atoms with Crippen molar-refractivity contribution in [2.45, 2.75) is 17.1 Å². The second-order valence-electron chi connectivity index (χ2n) is 8.26. The molecule has 0 aliphatic heterocycles. The van der Waals surface area contributed by atoms with E-state index in [0.29, 0.717) is 22.8 Å². The van der Waals surface area contributed by atoms with Crippen LogP contribution < -0.4 is 10.6 Å². The third-order valence-electron chi connectivity index (χ3n) is 5.58. The van der Waals surface area contributed by atoms with Crippen molar-refractivity contribution in [1.82, 2.24) is 5.16 Å². The zero-order valence-electron chi connectivity index (χ0n) is 19.5. The van der Waals surface area contributed by atoms with Crippen LogP contribution in [0.1, 0.15) is 26.9 Å². The molecule has 36 heavy (non-hydrogen) atoms. The van der Waals surface area contributed by atoms with Gasteiger partial charge in [0.15, 0.2) is 5.82 Å². The number of fused-ring (bicyclic) bond motifs is 1. The SMILES string of the molecule is Cc1cc(NC(=O)C(Sc2cccc(NC(=O)c3ccc4ccccc4c3)c2)c2ccccc2)no1. The van der Waals surface area contributed by atoms with Crippen LogP contribution in [0.2, 0.25) is 0 Å². The van der Waals surface area contributed by atoms with E-state index in [1.807, 2.05) is 97.1 Å². The average molecular weight is 494 g/mol. The van der Waals surface area contributed by atoms with Crippen molar-refractivity contribution in [1.29, 1.82) is 0 Å². The number of nitrogens with one attached hydrogen (secondary N) is 2. The molecule has 0 saturated carbocycles. The lowest BCUT2D eigenvalue weighted by atomic mass is 10.1. The Morgan fingerprint density at radius 2 is 1.58 bits per heavy atom. The molecule has 5 rings (SSSR count). The first-order chi connectivity index (χ1) is 17.5. The summed E-state index contributed by atoms with van der Waals surface area (Å²) in [4.78, 5) is 27.0. The van der Waals surface area contributed by atoms with Crippen molar-refractivity contribution >= 4 is 45.9 Å². The van der Waals surface area contributed by atoms with Gasteiger partial charge in [-0.3, -0.25) is 9.59 Å². The first-order valence-electron chi connectivity index (χ1n) is 11.4. The van der Waals surface area contributed by atoms with Gasteiger partial charge in [-0.2, -0.15) is 0 Å². The standard InChI is InChI=1S/C29H23N3O3S/c1-19-16-26(32-35-19)31-29(34)27(21-9-3-2-4-10-21)36-25-13-7-12-24(18-25)30-28(33)23-15-14-20-8-5-6-11-22(20)17-23/h2-18,27H,1H3,(H,30,33)(H,31,32,34). The van der Waals surface area contributed by atoms with Crippen LogP contribution >= 0.6 is 11.8 Å². The van der Waals surface area contributed by atoms with E-state index in [1.165, 1.54) is 11.8 Å². The molecule has 0 fully saturated rings. The van der Waals surface area contributed by atoms with Gasteiger partial charge in [0.2, 0.25) is 5.91 Å². The number of rotatable bonds is 7. The minimum atomic E-state index is -0.533. The summed E-state index contributed by atoms with van der Waals surface area (Å²) in [5, 5.41) is 11.2. The number of hydrogen-bond donors (Lipinski definition) is 2. The molecule has 6 nitrogen and oxygen atoms in total. The van der Waals surface area contributed by atoms with Crippen molar-refractivity contribution in [2.75, 3.05) is 10.6 Å². The molecule has 5 aromatic rings. The van der Waals surface area contributed by atoms with Crippen LogP contribution in [-0.2, 0) is 4.79 Å². The quantitative estimate of drug-likeness (QED) is 0.242. The highest BCUT2D eigenvalue weighted by atomic mass is 32.2. The summed E-state index contributed by atoms with van der Waals surface area (Å²) < 4.78 is 5.07. The Bertz CT molecular complexity index is 1530. The molecule has 2 N–H and O–H groups in total. The molecule has 4 aromatic carbocycles. The zero-order valence-corrected chi connectivity index (χ0v) is 20.3. The summed E-state index contributed by atoms with van der Waals surface area (Å²) in [6, 6.07) is 32.2. The molecule has 0 spiro atoms. The van der Waals surface area contributed by atoms with Gasteiger partial charge in [-0.05, 0) is 53.6 Å². The fraction of sp³-hybridized carbons (Fsp3) is 0.0690. The summed E-state index contributed by atoms with van der Waals surface area (Å²) >= 11 is 1.39. The average Bonchev–Trinajstić information content (AvgIpc) is 3.31. The summed E-state index contributed by atoms with van der Waals surface area (Å²) in [6.07, 6.45) is 0. The summed E-state index contributed by atoms with van der Waals surface area (Å²) in [5.41, 5.74) is 2.08. The van der Waals surface area contributed by atoms with Gasteiger partial charge >= 0.3 is 0 Å². The molecular formula is C29H23N3O3S. The predicted octanol–water partition coefficient (Wildman–Crippen LogP) is 6.86. The van der Waals surface area contributed by atoms with E-state index in [2.05, 4.69) is 15.8 Å². The third kappa shape index (κ3) is 5.47. The Labute approximate surface area is 212 Å². The number of amides is 2. The Kier molecular flexibility index (Phi) is 6.82. The maximum Gasteiger partial charge on any atom is 0.255 e. The van der Waals surface area contributed by atoms with Crippen LogP contribution in [0, 0.1) is 6.92 Å². The third-order valence-corrected chi connectivity index (χ3v) is 6.83. The van der Waals surface area contributed by atoms with Crippen LogP contribution in [-0.4, -0.2) is 17.0 Å². The van der Waals surface area contributed by atoms with Crippen LogP contribution in [0.3, 0.4) is 0 Å². The fourth-order valence-electron chi connectivity index (χ4n) is 3.83. The van der Waals surface area contributed by atoms with Crippen molar-refractivity contribution in [2.24, 2.45) is 0 Å². The second kappa shape index (κ2) is 10.5. The van der Waals surface area contributed by atoms with Gasteiger partial charge in [0.1, 0.15) is 11.0 Å². The molecule has 0 radical (unpaired) electrons. The topological polar surface area (TPSA) is 84.2 Å². The number of carbonyl (C=O) groups excluding carboxylic acids is 2. The highest BCUT2D eigenvalue weighted by molar-refractivity contribution is 8.00. The van der Waals surface area contributed by atoms with E-state index in [-0.39, 0.29) is 11.8 Å². The molecule has 1 heterocycles. The summed E-state index contributed by atoms with van der Waals surface area (Å²) in [6.45, 7) is 1.77. The van der Waals surface area contributed by atoms with E-state index in [4.69, 9.17) is 4.52 Å². The number of carbonyl (C=O) groups is 2. The molecule has 0 aliphatic carbocycles. The summed E-state index contributed by atoms with van der Waals surface area (Å²) in [7, 11) is 0. The highest BCUT2D eigenvalue weighted by Crippen LogP contribution is 2.37. The van der Waals surface area contributed by atoms with Gasteiger partial charge in [0, 0.05) is 22.2 Å². The molecular weight excluding hydrogens is 470 g/mol. The Morgan fingerprint density at radius 1 is 0.806 bits per heavy atom. The molecule has 0 aliphatic rings. The van der Waals surface area contributed by atoms with Crippen LogP contribution in [0.15, 0.2) is 113 Å². The number of thioether (sulfide) groups is 1. The molecule has 2 amide bonds. The minimum absolute atomic E-state index is 0.193. The van der Waals surface area contributed by atoms with E-state index < -0.39 is 5.25 Å². The Morgan fingerprint density at radius 3 is 2.36 bits per heavy atom. The molecule has 1 aromatic heterocycles. The van der Waals surface area contributed by atoms with Gasteiger partial charge in [-0.15, -0.1) is 11.8 Å². The first kappa shape index (κ1) is 23.4. The van der Waals surface area contributed by atoms with Crippen molar-refractivity contribution in [3.63, 3.8) is 0 Å². The lowest BCUT2D eigenvalue weighted by molar-refractivity contribution is -0.115. The molecule has 1 atom stereocenters. The Hall–Kier alpha value is -4.36. The highest BCUT2D eigenvalue weighted by Gasteiger charge is 2.23. The van der Waals surface area contributed by atoms with Crippen LogP contribution in [0.5, 0.6) is 0 Å². The van der Waals surface area contributed by atoms with Crippen LogP contribution in [0.25, 0.3) is 10.8 Å². The number of aromatic nitrogens is 1. The molecule has 7 heteroatoms. The van der Waals surface area contributed by atoms with Crippen molar-refractivity contribution < 1.29 is 14.1 Å². The van der Waals surface area contributed by atoms with Crippen LogP contribution in [0.4, 0.5) is 11.5 Å². The monoisotopic (exact) mass is 493 g/mol. The van der Waals surface area contributed by atoms with Gasteiger partial charge in [0.25, 0.3) is 5.91 Å². The maximum atomic E-state index is 13.2. The van der Waals surface area contributed by atoms with E-state index in [1.54, 1.807) is 13.0 Å². The van der Waals surface area contributed by atoms with Crippen molar-refractivity contribution in [3.8, 4) is 0 Å². The van der Waals surface area contributed by atoms with Gasteiger partial charge < -0.3 is 15.2 Å². The number of hydrogen-bond acceptors (Lipinski definition) is 5. The Balaban J connectivity index is 1.35. The molecule has 0 saturated heterocycles. The zero-order chi connectivity index (χ0) is 24.9. The van der Waals surface area contributed by atoms with Crippen molar-refractivity contribution in [3.05, 3.63) is 120 Å². The maximum absolute atomic E-state index is 13.2. The largest absolute Gasteiger partial charge is 0.360 e. The predicted molar refractivity (Wildman–Crippen MR) is 143 cm³/mol. The normalized spacial score (nSPS) is 11.7. The number of benzene rings is 4. The second-order valence-corrected chi connectivity index (χ2v) is 9.44. The number of nitrogens with zero attached hydrogens (tertiary/aromatic N) is 1. The first-order valence-corrected chi connectivity index (χ1v) is 12.3. The number of aryl methyl sites for hydroxylation is 1. The minimum Gasteiger partial charge on any atom is -0.360 e. The van der Waals surface area contributed by atoms with E-state index in [0.717, 1.165) is 21.2 Å². The molecule has 0 bridgehead atoms. The van der Waals surface area contributed by atoms with Gasteiger partial charge in [0.05, 0.1) is 0 Å². The van der Waals surface area contributed by atoms with E-state index in [9.17, 15) is 9.59 Å². The molecule has 178 valence electrons. The van der Waals surface area contributed by atoms with Gasteiger partial charge in [-0.25, -0.2) is 0 Å². The van der Waals surface area contributed by atoms with E-state index >= 15 is 0 Å². The lowest BCUT2D eigenvalue weighted by Gasteiger charge is -2.17. The fourth-order valence-corrected chi connectivity index (χ4v) is 4.92.